The highest BCUT2D eigenvalue weighted by Gasteiger charge is 2.19. The molecule has 0 bridgehead atoms. The summed E-state index contributed by atoms with van der Waals surface area (Å²) in [6.45, 7) is 4.33. The number of benzene rings is 2. The Morgan fingerprint density at radius 2 is 1.64 bits per heavy atom. The normalized spacial score (nSPS) is 14.7. The average Bonchev–Trinajstić information content (AvgIpc) is 3.09. The van der Waals surface area contributed by atoms with E-state index in [1.54, 1.807) is 0 Å². The smallest absolute Gasteiger partial charge is 0.162 e. The van der Waals surface area contributed by atoms with E-state index >= 15 is 0 Å². The summed E-state index contributed by atoms with van der Waals surface area (Å²) in [5.41, 5.74) is 3.36. The topological polar surface area (TPSA) is 29.0 Å². The number of rotatable bonds is 2. The van der Waals surface area contributed by atoms with Gasteiger partial charge < -0.3 is 4.90 Å². The molecule has 1 saturated heterocycles. The molecule has 0 amide bonds. The molecule has 0 aliphatic carbocycles. The van der Waals surface area contributed by atoms with Crippen LogP contribution in [-0.4, -0.2) is 23.1 Å². The summed E-state index contributed by atoms with van der Waals surface area (Å²) in [4.78, 5) is 12.1. The van der Waals surface area contributed by atoms with E-state index in [2.05, 4.69) is 42.2 Å². The van der Waals surface area contributed by atoms with Crippen LogP contribution in [0, 0.1) is 6.92 Å². The largest absolute Gasteiger partial charge is 0.356 e. The molecule has 2 aromatic carbocycles. The minimum absolute atomic E-state index is 0.820. The zero-order valence-electron chi connectivity index (χ0n) is 12.8. The summed E-state index contributed by atoms with van der Waals surface area (Å²) in [5, 5.41) is 1.20. The second-order valence-corrected chi connectivity index (χ2v) is 5.90. The van der Waals surface area contributed by atoms with Gasteiger partial charge >= 0.3 is 0 Å². The van der Waals surface area contributed by atoms with E-state index in [1.807, 2.05) is 18.2 Å². The molecule has 22 heavy (non-hydrogen) atoms. The average molecular weight is 289 g/mol. The van der Waals surface area contributed by atoms with E-state index in [9.17, 15) is 0 Å². The molecule has 110 valence electrons. The van der Waals surface area contributed by atoms with Crippen molar-refractivity contribution in [3.63, 3.8) is 0 Å². The molecule has 1 aliphatic rings. The fraction of sp³-hybridized carbons (Fsp3) is 0.263. The van der Waals surface area contributed by atoms with Crippen LogP contribution >= 0.6 is 0 Å². The van der Waals surface area contributed by atoms with Gasteiger partial charge in [0.15, 0.2) is 5.82 Å². The van der Waals surface area contributed by atoms with Crippen molar-refractivity contribution in [1.82, 2.24) is 9.97 Å². The Balaban J connectivity index is 1.97. The summed E-state index contributed by atoms with van der Waals surface area (Å²) in [5.74, 6) is 1.92. The maximum Gasteiger partial charge on any atom is 0.162 e. The van der Waals surface area contributed by atoms with Gasteiger partial charge in [-0.3, -0.25) is 0 Å². The highest BCUT2D eigenvalue weighted by atomic mass is 15.2. The standard InChI is InChI=1S/C19H19N3/c1-14-8-7-11-16-17(14)19(22-12-5-6-13-22)21-18(20-16)15-9-3-2-4-10-15/h2-4,7-11H,5-6,12-13H2,1H3. The molecule has 0 radical (unpaired) electrons. The first-order chi connectivity index (χ1) is 10.8. The SMILES string of the molecule is Cc1cccc2nc(-c3ccccc3)nc(N3CCCC3)c12. The maximum atomic E-state index is 4.93. The molecule has 0 unspecified atom stereocenters. The summed E-state index contributed by atoms with van der Waals surface area (Å²) in [7, 11) is 0. The van der Waals surface area contributed by atoms with Crippen LogP contribution in [0.3, 0.4) is 0 Å². The lowest BCUT2D eigenvalue weighted by atomic mass is 10.1. The highest BCUT2D eigenvalue weighted by molar-refractivity contribution is 5.93. The van der Waals surface area contributed by atoms with Crippen LogP contribution in [0.5, 0.6) is 0 Å². The number of hydrogen-bond acceptors (Lipinski definition) is 3. The van der Waals surface area contributed by atoms with Crippen LogP contribution in [0.25, 0.3) is 22.3 Å². The Labute approximate surface area is 130 Å². The minimum atomic E-state index is 0.820. The van der Waals surface area contributed by atoms with E-state index in [0.717, 1.165) is 35.8 Å². The third kappa shape index (κ3) is 2.23. The Morgan fingerprint density at radius 1 is 0.864 bits per heavy atom. The predicted molar refractivity (Wildman–Crippen MR) is 91.2 cm³/mol. The van der Waals surface area contributed by atoms with Gasteiger partial charge in [-0.25, -0.2) is 9.97 Å². The predicted octanol–water partition coefficient (Wildman–Crippen LogP) is 4.21. The summed E-state index contributed by atoms with van der Waals surface area (Å²) in [6.07, 6.45) is 2.50. The summed E-state index contributed by atoms with van der Waals surface area (Å²) in [6, 6.07) is 16.6. The van der Waals surface area contributed by atoms with Gasteiger partial charge in [-0.1, -0.05) is 42.5 Å². The van der Waals surface area contributed by atoms with E-state index in [0.29, 0.717) is 0 Å². The van der Waals surface area contributed by atoms with Gasteiger partial charge in [0.05, 0.1) is 5.52 Å². The van der Waals surface area contributed by atoms with Crippen LogP contribution in [0.2, 0.25) is 0 Å². The van der Waals surface area contributed by atoms with Crippen LogP contribution < -0.4 is 4.90 Å². The van der Waals surface area contributed by atoms with Gasteiger partial charge in [-0.15, -0.1) is 0 Å². The minimum Gasteiger partial charge on any atom is -0.356 e. The number of hydrogen-bond donors (Lipinski definition) is 0. The van der Waals surface area contributed by atoms with Crippen molar-refractivity contribution in [3.8, 4) is 11.4 Å². The quantitative estimate of drug-likeness (QED) is 0.708. The number of nitrogens with zero attached hydrogens (tertiary/aromatic N) is 3. The molecule has 1 aliphatic heterocycles. The molecular weight excluding hydrogens is 270 g/mol. The van der Waals surface area contributed by atoms with Crippen LogP contribution in [0.15, 0.2) is 48.5 Å². The lowest BCUT2D eigenvalue weighted by Gasteiger charge is -2.20. The zero-order valence-corrected chi connectivity index (χ0v) is 12.8. The number of aromatic nitrogens is 2. The van der Waals surface area contributed by atoms with E-state index in [4.69, 9.17) is 9.97 Å². The van der Waals surface area contributed by atoms with Crippen molar-refractivity contribution in [1.29, 1.82) is 0 Å². The number of fused-ring (bicyclic) bond motifs is 1. The molecule has 0 N–H and O–H groups in total. The Hall–Kier alpha value is -2.42. The first-order valence-corrected chi connectivity index (χ1v) is 7.91. The van der Waals surface area contributed by atoms with Gasteiger partial charge in [0.25, 0.3) is 0 Å². The van der Waals surface area contributed by atoms with Crippen LogP contribution in [0.4, 0.5) is 5.82 Å². The van der Waals surface area contributed by atoms with Gasteiger partial charge in [0.2, 0.25) is 0 Å². The second kappa shape index (κ2) is 5.41. The lowest BCUT2D eigenvalue weighted by molar-refractivity contribution is 0.940. The van der Waals surface area contributed by atoms with E-state index in [-0.39, 0.29) is 0 Å². The Kier molecular flexibility index (Phi) is 3.26. The lowest BCUT2D eigenvalue weighted by Crippen LogP contribution is -2.20. The molecular formula is C19H19N3. The molecule has 3 aromatic rings. The Bertz CT molecular complexity index is 806. The first-order valence-electron chi connectivity index (χ1n) is 7.91. The van der Waals surface area contributed by atoms with Crippen molar-refractivity contribution in [2.24, 2.45) is 0 Å². The monoisotopic (exact) mass is 289 g/mol. The molecule has 1 fully saturated rings. The van der Waals surface area contributed by atoms with E-state index < -0.39 is 0 Å². The van der Waals surface area contributed by atoms with Gasteiger partial charge in [0, 0.05) is 24.0 Å². The number of aryl methyl sites for hydroxylation is 1. The van der Waals surface area contributed by atoms with Crippen molar-refractivity contribution < 1.29 is 0 Å². The Morgan fingerprint density at radius 3 is 2.41 bits per heavy atom. The fourth-order valence-electron chi connectivity index (χ4n) is 3.21. The van der Waals surface area contributed by atoms with Crippen molar-refractivity contribution in [2.75, 3.05) is 18.0 Å². The van der Waals surface area contributed by atoms with Crippen molar-refractivity contribution in [2.45, 2.75) is 19.8 Å². The molecule has 3 heteroatoms. The van der Waals surface area contributed by atoms with Crippen molar-refractivity contribution >= 4 is 16.7 Å². The fourth-order valence-corrected chi connectivity index (χ4v) is 3.21. The number of anilines is 1. The third-order valence-corrected chi connectivity index (χ3v) is 4.35. The highest BCUT2D eigenvalue weighted by Crippen LogP contribution is 2.31. The molecule has 4 rings (SSSR count). The summed E-state index contributed by atoms with van der Waals surface area (Å²) >= 11 is 0. The van der Waals surface area contributed by atoms with Gasteiger partial charge in [-0.05, 0) is 31.4 Å². The van der Waals surface area contributed by atoms with Crippen LogP contribution in [0.1, 0.15) is 18.4 Å². The molecule has 0 spiro atoms. The third-order valence-electron chi connectivity index (χ3n) is 4.35. The maximum absolute atomic E-state index is 4.93. The molecule has 0 saturated carbocycles. The van der Waals surface area contributed by atoms with Gasteiger partial charge in [0.1, 0.15) is 5.82 Å². The van der Waals surface area contributed by atoms with E-state index in [1.165, 1.54) is 23.8 Å². The van der Waals surface area contributed by atoms with Crippen molar-refractivity contribution in [3.05, 3.63) is 54.1 Å². The molecule has 2 heterocycles. The van der Waals surface area contributed by atoms with Crippen LogP contribution in [-0.2, 0) is 0 Å². The first kappa shape index (κ1) is 13.3. The zero-order chi connectivity index (χ0) is 14.9. The summed E-state index contributed by atoms with van der Waals surface area (Å²) < 4.78 is 0. The van der Waals surface area contributed by atoms with Gasteiger partial charge in [-0.2, -0.15) is 0 Å². The molecule has 1 aromatic heterocycles. The molecule has 3 nitrogen and oxygen atoms in total. The second-order valence-electron chi connectivity index (χ2n) is 5.90. The molecule has 0 atom stereocenters.